The predicted octanol–water partition coefficient (Wildman–Crippen LogP) is 6.31. The first-order valence-electron chi connectivity index (χ1n) is 11.8. The number of anilines is 1. The molecule has 0 radical (unpaired) electrons. The van der Waals surface area contributed by atoms with E-state index in [0.717, 1.165) is 17.7 Å². The second-order valence-corrected chi connectivity index (χ2v) is 8.85. The van der Waals surface area contributed by atoms with Crippen LogP contribution in [0.4, 0.5) is 5.69 Å². The number of carbonyl (C=O) groups excluding carboxylic acids is 2. The first kappa shape index (κ1) is 24.2. The Kier molecular flexibility index (Phi) is 10.2. The molecule has 1 saturated heterocycles. The highest BCUT2D eigenvalue weighted by molar-refractivity contribution is 6.21. The number of imide groups is 1. The number of carbonyl (C=O) groups is 2. The first-order valence-corrected chi connectivity index (χ1v) is 11.8. The fraction of sp³-hybridized carbons (Fsp3) is 0.680. The number of phenols is 2. The van der Waals surface area contributed by atoms with Crippen molar-refractivity contribution in [3.63, 3.8) is 0 Å². The molecule has 0 aromatic heterocycles. The molecular formula is C25H39NO4. The third-order valence-electron chi connectivity index (χ3n) is 6.33. The zero-order valence-electron chi connectivity index (χ0n) is 18.7. The summed E-state index contributed by atoms with van der Waals surface area (Å²) in [5.41, 5.74) is 0.0781. The van der Waals surface area contributed by atoms with Gasteiger partial charge in [0, 0.05) is 12.5 Å². The number of hydrogen-bond donors (Lipinski definition) is 2. The number of aromatic hydroxyl groups is 2. The van der Waals surface area contributed by atoms with Gasteiger partial charge >= 0.3 is 0 Å². The van der Waals surface area contributed by atoms with Gasteiger partial charge in [-0.3, -0.25) is 9.59 Å². The lowest BCUT2D eigenvalue weighted by Gasteiger charge is -2.19. The van der Waals surface area contributed by atoms with E-state index < -0.39 is 0 Å². The predicted molar refractivity (Wildman–Crippen MR) is 121 cm³/mol. The average molecular weight is 418 g/mol. The van der Waals surface area contributed by atoms with Crippen LogP contribution >= 0.6 is 0 Å². The number of benzene rings is 1. The molecule has 2 rings (SSSR count). The maximum absolute atomic E-state index is 12.8. The molecule has 1 aromatic carbocycles. The highest BCUT2D eigenvalue weighted by Gasteiger charge is 2.42. The van der Waals surface area contributed by atoms with Crippen LogP contribution in [0, 0.1) is 11.8 Å². The molecule has 5 nitrogen and oxygen atoms in total. The Labute approximate surface area is 181 Å². The molecule has 2 unspecified atom stereocenters. The minimum Gasteiger partial charge on any atom is -0.508 e. The van der Waals surface area contributed by atoms with Gasteiger partial charge < -0.3 is 10.2 Å². The molecule has 1 aliphatic rings. The van der Waals surface area contributed by atoms with Gasteiger partial charge in [-0.05, 0) is 24.5 Å². The molecule has 1 fully saturated rings. The molecule has 30 heavy (non-hydrogen) atoms. The van der Waals surface area contributed by atoms with E-state index in [9.17, 15) is 19.8 Å². The lowest BCUT2D eigenvalue weighted by atomic mass is 9.88. The van der Waals surface area contributed by atoms with Gasteiger partial charge in [0.2, 0.25) is 11.8 Å². The monoisotopic (exact) mass is 417 g/mol. The van der Waals surface area contributed by atoms with Crippen LogP contribution in [0.5, 0.6) is 11.5 Å². The summed E-state index contributed by atoms with van der Waals surface area (Å²) in [6, 6.07) is 3.89. The van der Waals surface area contributed by atoms with Crippen molar-refractivity contribution >= 4 is 17.5 Å². The fourth-order valence-corrected chi connectivity index (χ4v) is 4.38. The van der Waals surface area contributed by atoms with E-state index in [2.05, 4.69) is 6.92 Å². The summed E-state index contributed by atoms with van der Waals surface area (Å²) in [7, 11) is 0. The van der Waals surface area contributed by atoms with Gasteiger partial charge in [0.25, 0.3) is 0 Å². The minimum absolute atomic E-state index is 0.0781. The zero-order valence-corrected chi connectivity index (χ0v) is 18.7. The lowest BCUT2D eigenvalue weighted by molar-refractivity contribution is -0.123. The van der Waals surface area contributed by atoms with E-state index in [1.165, 1.54) is 82.4 Å². The van der Waals surface area contributed by atoms with Crippen molar-refractivity contribution in [2.75, 3.05) is 4.90 Å². The molecule has 1 aliphatic heterocycles. The number of amides is 2. The Hall–Kier alpha value is -2.04. The second-order valence-electron chi connectivity index (χ2n) is 8.85. The Morgan fingerprint density at radius 2 is 1.50 bits per heavy atom. The van der Waals surface area contributed by atoms with Crippen molar-refractivity contribution in [2.24, 2.45) is 11.8 Å². The second kappa shape index (κ2) is 12.6. The summed E-state index contributed by atoms with van der Waals surface area (Å²) in [5.74, 6) is -1.05. The smallest absolute Gasteiger partial charge is 0.237 e. The third-order valence-corrected chi connectivity index (χ3v) is 6.33. The topological polar surface area (TPSA) is 77.8 Å². The van der Waals surface area contributed by atoms with Crippen LogP contribution in [0.3, 0.4) is 0 Å². The summed E-state index contributed by atoms with van der Waals surface area (Å²) in [6.07, 6.45) is 15.3. The molecule has 0 bridgehead atoms. The summed E-state index contributed by atoms with van der Waals surface area (Å²) in [5, 5.41) is 19.7. The van der Waals surface area contributed by atoms with E-state index in [4.69, 9.17) is 0 Å². The zero-order chi connectivity index (χ0) is 21.9. The van der Waals surface area contributed by atoms with Gasteiger partial charge in [-0.1, -0.05) is 84.5 Å². The Morgan fingerprint density at radius 3 is 2.10 bits per heavy atom. The Bertz CT molecular complexity index is 688. The van der Waals surface area contributed by atoms with Crippen molar-refractivity contribution in [1.82, 2.24) is 0 Å². The summed E-state index contributed by atoms with van der Waals surface area (Å²) in [6.45, 7) is 4.29. The lowest BCUT2D eigenvalue weighted by Crippen LogP contribution is -2.31. The summed E-state index contributed by atoms with van der Waals surface area (Å²) >= 11 is 0. The average Bonchev–Trinajstić information content (AvgIpc) is 3.02. The van der Waals surface area contributed by atoms with Gasteiger partial charge in [-0.25, -0.2) is 4.90 Å². The van der Waals surface area contributed by atoms with Gasteiger partial charge in [0.05, 0.1) is 11.6 Å². The molecule has 0 saturated carbocycles. The molecule has 5 heteroatoms. The maximum Gasteiger partial charge on any atom is 0.237 e. The van der Waals surface area contributed by atoms with E-state index in [-0.39, 0.29) is 47.3 Å². The molecule has 0 aliphatic carbocycles. The van der Waals surface area contributed by atoms with Crippen molar-refractivity contribution in [2.45, 2.75) is 97.3 Å². The third kappa shape index (κ3) is 7.03. The normalized spacial score (nSPS) is 17.7. The molecule has 0 spiro atoms. The van der Waals surface area contributed by atoms with Crippen molar-refractivity contribution < 1.29 is 19.8 Å². The highest BCUT2D eigenvalue weighted by Crippen LogP contribution is 2.38. The largest absolute Gasteiger partial charge is 0.508 e. The standard InChI is InChI=1S/C25H39NO4/c1-3-4-5-6-7-8-9-10-11-12-13-14-19(2)21-18-24(29)26(25(21)30)22-17-20(27)15-16-23(22)28/h15-17,19,21,27-28H,3-14,18H2,1-2H3. The molecule has 1 heterocycles. The van der Waals surface area contributed by atoms with Gasteiger partial charge in [0.15, 0.2) is 0 Å². The van der Waals surface area contributed by atoms with Crippen molar-refractivity contribution in [1.29, 1.82) is 0 Å². The summed E-state index contributed by atoms with van der Waals surface area (Å²) in [4.78, 5) is 26.3. The van der Waals surface area contributed by atoms with Gasteiger partial charge in [-0.15, -0.1) is 0 Å². The minimum atomic E-state index is -0.345. The van der Waals surface area contributed by atoms with E-state index in [1.807, 2.05) is 6.92 Å². The van der Waals surface area contributed by atoms with E-state index >= 15 is 0 Å². The number of phenolic OH excluding ortho intramolecular Hbond substituents is 2. The molecule has 1 aromatic rings. The number of unbranched alkanes of at least 4 members (excludes halogenated alkanes) is 10. The number of hydrogen-bond acceptors (Lipinski definition) is 4. The Morgan fingerprint density at radius 1 is 0.933 bits per heavy atom. The number of nitrogens with zero attached hydrogens (tertiary/aromatic N) is 1. The van der Waals surface area contributed by atoms with Gasteiger partial charge in [0.1, 0.15) is 11.5 Å². The fourth-order valence-electron chi connectivity index (χ4n) is 4.38. The van der Waals surface area contributed by atoms with Crippen LogP contribution in [-0.2, 0) is 9.59 Å². The van der Waals surface area contributed by atoms with Gasteiger partial charge in [-0.2, -0.15) is 0 Å². The van der Waals surface area contributed by atoms with E-state index in [0.29, 0.717) is 0 Å². The Balaban J connectivity index is 1.67. The van der Waals surface area contributed by atoms with Crippen LogP contribution in [0.15, 0.2) is 18.2 Å². The van der Waals surface area contributed by atoms with Crippen LogP contribution < -0.4 is 4.90 Å². The molecule has 2 amide bonds. The highest BCUT2D eigenvalue weighted by atomic mass is 16.3. The van der Waals surface area contributed by atoms with Crippen LogP contribution in [0.25, 0.3) is 0 Å². The SMILES string of the molecule is CCCCCCCCCCCCCC(C)C1CC(=O)N(c2cc(O)ccc2O)C1=O. The quantitative estimate of drug-likeness (QED) is 0.211. The van der Waals surface area contributed by atoms with E-state index in [1.54, 1.807) is 0 Å². The number of rotatable bonds is 14. The molecule has 2 N–H and O–H groups in total. The molecular weight excluding hydrogens is 378 g/mol. The molecule has 2 atom stereocenters. The summed E-state index contributed by atoms with van der Waals surface area (Å²) < 4.78 is 0. The molecule has 168 valence electrons. The van der Waals surface area contributed by atoms with Crippen molar-refractivity contribution in [3.8, 4) is 11.5 Å². The van der Waals surface area contributed by atoms with Crippen LogP contribution in [0.2, 0.25) is 0 Å². The van der Waals surface area contributed by atoms with Crippen molar-refractivity contribution in [3.05, 3.63) is 18.2 Å². The van der Waals surface area contributed by atoms with Crippen LogP contribution in [-0.4, -0.2) is 22.0 Å². The maximum atomic E-state index is 12.8. The van der Waals surface area contributed by atoms with Crippen LogP contribution in [0.1, 0.15) is 97.3 Å². The first-order chi connectivity index (χ1) is 14.5.